The lowest BCUT2D eigenvalue weighted by Gasteiger charge is -2.14. The average Bonchev–Trinajstić information content (AvgIpc) is 3.34. The third kappa shape index (κ3) is 12.0. The van der Waals surface area contributed by atoms with E-state index in [1.807, 2.05) is 97.1 Å². The van der Waals surface area contributed by atoms with Gasteiger partial charge >= 0.3 is 0 Å². The zero-order chi connectivity index (χ0) is 45.3. The number of rotatable bonds is 17. The molecule has 0 bridgehead atoms. The minimum absolute atomic E-state index is 0.138. The molecule has 0 spiro atoms. The second-order valence-electron chi connectivity index (χ2n) is 13.9. The van der Waals surface area contributed by atoms with Gasteiger partial charge in [-0.15, -0.1) is 0 Å². The van der Waals surface area contributed by atoms with Crippen molar-refractivity contribution in [3.63, 3.8) is 0 Å². The number of pyridine rings is 6. The summed E-state index contributed by atoms with van der Waals surface area (Å²) in [5, 5.41) is 0. The number of hydrogen-bond donors (Lipinski definition) is 4. The SMILES string of the molecule is C=C/C=C\C=C(/N)c1cc(/C(N)=N/C(=C\C(=C)C(/C=C(\N)c2ccccn2)=C/C(=C)c2ccccn2)c2cc(-c3ccccn3)nc(-c3ccccn3)c2)cc(C(=C)/C=C\C=C/N)n1. The molecule has 6 heterocycles. The van der Waals surface area contributed by atoms with Gasteiger partial charge in [0.2, 0.25) is 0 Å². The normalized spacial score (nSPS) is 12.8. The topological polar surface area (TPSA) is 194 Å². The van der Waals surface area contributed by atoms with Crippen LogP contribution in [0.3, 0.4) is 0 Å². The smallest absolute Gasteiger partial charge is 0.131 e. The fraction of sp³-hybridized carbons (Fsp3) is 0. The van der Waals surface area contributed by atoms with Crippen molar-refractivity contribution in [2.75, 3.05) is 0 Å². The molecule has 0 aliphatic carbocycles. The van der Waals surface area contributed by atoms with E-state index in [2.05, 4.69) is 46.3 Å². The van der Waals surface area contributed by atoms with E-state index in [9.17, 15) is 0 Å². The van der Waals surface area contributed by atoms with Gasteiger partial charge in [-0.1, -0.05) is 81.0 Å². The van der Waals surface area contributed by atoms with Gasteiger partial charge in [-0.3, -0.25) is 19.9 Å². The van der Waals surface area contributed by atoms with Gasteiger partial charge in [0.15, 0.2) is 0 Å². The van der Waals surface area contributed by atoms with Crippen LogP contribution in [0.2, 0.25) is 0 Å². The zero-order valence-electron chi connectivity index (χ0n) is 35.2. The molecule has 8 N–H and O–H groups in total. The highest BCUT2D eigenvalue weighted by Gasteiger charge is 2.16. The molecule has 0 atom stereocenters. The Morgan fingerprint density at radius 1 is 0.531 bits per heavy atom. The van der Waals surface area contributed by atoms with Crippen LogP contribution in [0.4, 0.5) is 0 Å². The first-order valence-corrected chi connectivity index (χ1v) is 20.0. The molecule has 0 aromatic carbocycles. The number of hydrogen-bond acceptors (Lipinski definition) is 10. The van der Waals surface area contributed by atoms with Crippen molar-refractivity contribution < 1.29 is 0 Å². The zero-order valence-corrected chi connectivity index (χ0v) is 35.2. The number of aliphatic imine (C=N–C) groups is 1. The van der Waals surface area contributed by atoms with Crippen molar-refractivity contribution in [3.05, 3.63) is 260 Å². The fourth-order valence-corrected chi connectivity index (χ4v) is 6.04. The molecular weight excluding hydrogens is 791 g/mol. The lowest BCUT2D eigenvalue weighted by atomic mass is 9.98. The second-order valence-corrected chi connectivity index (χ2v) is 13.9. The highest BCUT2D eigenvalue weighted by Crippen LogP contribution is 2.31. The van der Waals surface area contributed by atoms with Gasteiger partial charge < -0.3 is 22.9 Å². The number of amidine groups is 1. The molecule has 0 unspecified atom stereocenters. The minimum atomic E-state index is 0.138. The van der Waals surface area contributed by atoms with Crippen molar-refractivity contribution >= 4 is 34.1 Å². The molecule has 6 aromatic heterocycles. The maximum atomic E-state index is 7.05. The molecule has 0 saturated heterocycles. The van der Waals surface area contributed by atoms with Crippen molar-refractivity contribution in [2.24, 2.45) is 27.9 Å². The molecule has 0 fully saturated rings. The monoisotopic (exact) mass is 837 g/mol. The van der Waals surface area contributed by atoms with Crippen LogP contribution in [-0.2, 0) is 0 Å². The Labute approximate surface area is 373 Å². The van der Waals surface area contributed by atoms with Crippen molar-refractivity contribution in [1.29, 1.82) is 0 Å². The van der Waals surface area contributed by atoms with Crippen LogP contribution < -0.4 is 22.9 Å². The molecule has 314 valence electrons. The Bertz CT molecular complexity index is 2850. The van der Waals surface area contributed by atoms with Gasteiger partial charge in [-0.2, -0.15) is 0 Å². The van der Waals surface area contributed by atoms with Crippen LogP contribution in [0.1, 0.15) is 33.9 Å². The van der Waals surface area contributed by atoms with Crippen molar-refractivity contribution in [3.8, 4) is 22.8 Å². The van der Waals surface area contributed by atoms with E-state index in [1.165, 1.54) is 6.20 Å². The molecule has 6 aromatic rings. The third-order valence-corrected chi connectivity index (χ3v) is 9.28. The standard InChI is InChI=1S/C53H47N11/c1-5-6-7-19-42(55)50-35-41(34-48(62-50)36(2)18-8-13-24-54)53(57)64-49(40-32-51(46-22-11-16-27-60-46)63-52(33-40)47-23-12-17-28-61-47)30-37(3)39(29-38(4)44-20-9-14-25-58-44)31-43(56)45-21-10-15-26-59-45/h5-35H,1-4,54-56H2,(H2,57,64)/b7-6-,18-8-,24-13-,39-29+,42-19-,43-31-,49-30-. The molecular formula is C53H47N11. The molecule has 0 aliphatic rings. The van der Waals surface area contributed by atoms with Gasteiger partial charge in [-0.05, 0) is 132 Å². The van der Waals surface area contributed by atoms with E-state index in [1.54, 1.807) is 85.5 Å². The maximum Gasteiger partial charge on any atom is 0.131 e. The summed E-state index contributed by atoms with van der Waals surface area (Å²) in [6.45, 7) is 16.8. The quantitative estimate of drug-likeness (QED) is 0.0391. The summed E-state index contributed by atoms with van der Waals surface area (Å²) >= 11 is 0. The largest absolute Gasteiger partial charge is 0.405 e. The van der Waals surface area contributed by atoms with E-state index in [0.29, 0.717) is 96.1 Å². The van der Waals surface area contributed by atoms with Crippen LogP contribution in [0, 0.1) is 0 Å². The molecule has 6 rings (SSSR count). The first kappa shape index (κ1) is 44.5. The fourth-order valence-electron chi connectivity index (χ4n) is 6.04. The number of allylic oxidation sites excluding steroid dienone is 14. The summed E-state index contributed by atoms with van der Waals surface area (Å²) in [5.41, 5.74) is 35.3. The highest BCUT2D eigenvalue weighted by atomic mass is 14.9. The number of nitrogens with two attached hydrogens (primary N) is 4. The Morgan fingerprint density at radius 2 is 1.14 bits per heavy atom. The van der Waals surface area contributed by atoms with Gasteiger partial charge in [0.05, 0.1) is 62.6 Å². The van der Waals surface area contributed by atoms with Crippen LogP contribution in [0.5, 0.6) is 0 Å². The predicted molar refractivity (Wildman–Crippen MR) is 264 cm³/mol. The first-order chi connectivity index (χ1) is 31.1. The second kappa shape index (κ2) is 22.0. The summed E-state index contributed by atoms with van der Waals surface area (Å²) < 4.78 is 0. The lowest BCUT2D eigenvalue weighted by molar-refractivity contribution is 1.21. The molecule has 0 radical (unpaired) electrons. The third-order valence-electron chi connectivity index (χ3n) is 9.28. The average molecular weight is 838 g/mol. The van der Waals surface area contributed by atoms with Crippen LogP contribution in [-0.4, -0.2) is 35.7 Å². The van der Waals surface area contributed by atoms with Crippen LogP contribution >= 0.6 is 0 Å². The summed E-state index contributed by atoms with van der Waals surface area (Å²) in [6.07, 6.45) is 25.9. The summed E-state index contributed by atoms with van der Waals surface area (Å²) in [7, 11) is 0. The maximum absolute atomic E-state index is 7.05. The summed E-state index contributed by atoms with van der Waals surface area (Å²) in [4.78, 5) is 33.2. The van der Waals surface area contributed by atoms with E-state index in [4.69, 9.17) is 37.9 Å². The van der Waals surface area contributed by atoms with Crippen LogP contribution in [0.15, 0.2) is 231 Å². The lowest BCUT2D eigenvalue weighted by Crippen LogP contribution is -2.16. The Morgan fingerprint density at radius 3 is 1.72 bits per heavy atom. The molecule has 64 heavy (non-hydrogen) atoms. The van der Waals surface area contributed by atoms with E-state index >= 15 is 0 Å². The minimum Gasteiger partial charge on any atom is -0.405 e. The van der Waals surface area contributed by atoms with Crippen molar-refractivity contribution in [1.82, 2.24) is 29.9 Å². The summed E-state index contributed by atoms with van der Waals surface area (Å²) in [5.74, 6) is 0.138. The predicted octanol–water partition coefficient (Wildman–Crippen LogP) is 9.42. The van der Waals surface area contributed by atoms with Gasteiger partial charge in [0.25, 0.3) is 0 Å². The number of aromatic nitrogens is 6. The highest BCUT2D eigenvalue weighted by molar-refractivity contribution is 6.02. The Balaban J connectivity index is 1.61. The first-order valence-electron chi connectivity index (χ1n) is 20.0. The molecule has 11 nitrogen and oxygen atoms in total. The van der Waals surface area contributed by atoms with Gasteiger partial charge in [0, 0.05) is 35.9 Å². The van der Waals surface area contributed by atoms with Crippen molar-refractivity contribution in [2.45, 2.75) is 0 Å². The van der Waals surface area contributed by atoms with E-state index in [0.717, 1.165) is 0 Å². The van der Waals surface area contributed by atoms with Gasteiger partial charge in [0.1, 0.15) is 5.84 Å². The molecule has 0 saturated carbocycles. The summed E-state index contributed by atoms with van der Waals surface area (Å²) in [6, 6.07) is 29.7. The van der Waals surface area contributed by atoms with E-state index in [-0.39, 0.29) is 5.84 Å². The molecule has 0 aliphatic heterocycles. The van der Waals surface area contributed by atoms with Crippen LogP contribution in [0.25, 0.3) is 51.0 Å². The Hall–Kier alpha value is -9.09. The number of nitrogens with zero attached hydrogens (tertiary/aromatic N) is 7. The van der Waals surface area contributed by atoms with E-state index < -0.39 is 0 Å². The molecule has 0 amide bonds. The Kier molecular flexibility index (Phi) is 15.3. The molecule has 11 heteroatoms. The van der Waals surface area contributed by atoms with Gasteiger partial charge in [-0.25, -0.2) is 15.0 Å².